The summed E-state index contributed by atoms with van der Waals surface area (Å²) in [6, 6.07) is 7.06. The predicted octanol–water partition coefficient (Wildman–Crippen LogP) is 2.43. The first kappa shape index (κ1) is 12.5. The summed E-state index contributed by atoms with van der Waals surface area (Å²) in [6.45, 7) is 5.47. The van der Waals surface area contributed by atoms with Gasteiger partial charge in [0.05, 0.1) is 0 Å². The molecule has 0 amide bonds. The van der Waals surface area contributed by atoms with Crippen LogP contribution in [-0.4, -0.2) is 31.6 Å². The van der Waals surface area contributed by atoms with Gasteiger partial charge in [0.1, 0.15) is 5.82 Å². The van der Waals surface area contributed by atoms with Gasteiger partial charge in [-0.15, -0.1) is 0 Å². The van der Waals surface area contributed by atoms with E-state index in [-0.39, 0.29) is 11.9 Å². The van der Waals surface area contributed by atoms with Crippen molar-refractivity contribution < 1.29 is 4.39 Å². The molecule has 0 aromatic heterocycles. The molecule has 1 N–H and O–H groups in total. The lowest BCUT2D eigenvalue weighted by Gasteiger charge is -2.17. The molecule has 2 atom stereocenters. The minimum Gasteiger partial charge on any atom is -0.310 e. The largest absolute Gasteiger partial charge is 0.310 e. The van der Waals surface area contributed by atoms with Crippen LogP contribution in [-0.2, 0) is 0 Å². The van der Waals surface area contributed by atoms with Gasteiger partial charge in [-0.1, -0.05) is 12.1 Å². The first-order valence-electron chi connectivity index (χ1n) is 6.32. The highest BCUT2D eigenvalue weighted by Gasteiger charge is 2.19. The van der Waals surface area contributed by atoms with Crippen molar-refractivity contribution in [3.05, 3.63) is 35.6 Å². The molecule has 1 aromatic rings. The molecule has 0 aliphatic carbocycles. The maximum absolute atomic E-state index is 13.1. The topological polar surface area (TPSA) is 15.3 Å². The predicted molar refractivity (Wildman–Crippen MR) is 68.4 cm³/mol. The highest BCUT2D eigenvalue weighted by Crippen LogP contribution is 2.17. The van der Waals surface area contributed by atoms with Gasteiger partial charge < -0.3 is 10.2 Å². The fourth-order valence-electron chi connectivity index (χ4n) is 2.43. The standard InChI is InChI=1S/C14H21FN2/c1-11(13-4-3-5-14(15)8-13)16-9-12-6-7-17(2)10-12/h3-5,8,11-12,16H,6-7,9-10H2,1-2H3. The Hall–Kier alpha value is -0.930. The first-order valence-corrected chi connectivity index (χ1v) is 6.32. The lowest BCUT2D eigenvalue weighted by atomic mass is 10.1. The molecule has 1 saturated heterocycles. The first-order chi connectivity index (χ1) is 8.15. The van der Waals surface area contributed by atoms with Gasteiger partial charge in [-0.05, 0) is 57.1 Å². The molecule has 2 rings (SSSR count). The van der Waals surface area contributed by atoms with Crippen molar-refractivity contribution in [1.82, 2.24) is 10.2 Å². The van der Waals surface area contributed by atoms with Gasteiger partial charge in [0.15, 0.2) is 0 Å². The maximum Gasteiger partial charge on any atom is 0.123 e. The number of nitrogens with zero attached hydrogens (tertiary/aromatic N) is 1. The van der Waals surface area contributed by atoms with E-state index in [2.05, 4.69) is 24.2 Å². The molecule has 94 valence electrons. The van der Waals surface area contributed by atoms with Crippen molar-refractivity contribution in [3.63, 3.8) is 0 Å². The SMILES string of the molecule is CC(NCC1CCN(C)C1)c1cccc(F)c1. The van der Waals surface area contributed by atoms with Crippen LogP contribution in [0.15, 0.2) is 24.3 Å². The second-order valence-electron chi connectivity index (χ2n) is 5.10. The lowest BCUT2D eigenvalue weighted by molar-refractivity contribution is 0.382. The molecule has 0 bridgehead atoms. The van der Waals surface area contributed by atoms with Crippen LogP contribution in [0.5, 0.6) is 0 Å². The van der Waals surface area contributed by atoms with Crippen LogP contribution >= 0.6 is 0 Å². The van der Waals surface area contributed by atoms with Crippen molar-refractivity contribution in [1.29, 1.82) is 0 Å². The van der Waals surface area contributed by atoms with Crippen LogP contribution in [0.3, 0.4) is 0 Å². The van der Waals surface area contributed by atoms with E-state index in [9.17, 15) is 4.39 Å². The number of benzene rings is 1. The summed E-state index contributed by atoms with van der Waals surface area (Å²) in [5.41, 5.74) is 1.02. The highest BCUT2D eigenvalue weighted by atomic mass is 19.1. The molecule has 3 heteroatoms. The quantitative estimate of drug-likeness (QED) is 0.863. The highest BCUT2D eigenvalue weighted by molar-refractivity contribution is 5.19. The van der Waals surface area contributed by atoms with E-state index in [1.807, 2.05) is 6.07 Å². The van der Waals surface area contributed by atoms with Crippen molar-refractivity contribution in [2.75, 3.05) is 26.7 Å². The van der Waals surface area contributed by atoms with Crippen molar-refractivity contribution in [3.8, 4) is 0 Å². The summed E-state index contributed by atoms with van der Waals surface area (Å²) < 4.78 is 13.1. The summed E-state index contributed by atoms with van der Waals surface area (Å²) in [4.78, 5) is 2.36. The zero-order chi connectivity index (χ0) is 12.3. The fraction of sp³-hybridized carbons (Fsp3) is 0.571. The van der Waals surface area contributed by atoms with Gasteiger partial charge in [-0.2, -0.15) is 0 Å². The number of hydrogen-bond donors (Lipinski definition) is 1. The molecule has 1 heterocycles. The van der Waals surface area contributed by atoms with Crippen LogP contribution in [0, 0.1) is 11.7 Å². The third-order valence-corrected chi connectivity index (χ3v) is 3.55. The van der Waals surface area contributed by atoms with Crippen LogP contribution < -0.4 is 5.32 Å². The van der Waals surface area contributed by atoms with E-state index >= 15 is 0 Å². The monoisotopic (exact) mass is 236 g/mol. The molecular weight excluding hydrogens is 215 g/mol. The Balaban J connectivity index is 1.83. The molecular formula is C14H21FN2. The number of halogens is 1. The van der Waals surface area contributed by atoms with Gasteiger partial charge in [-0.3, -0.25) is 0 Å². The Bertz CT molecular complexity index is 367. The average Bonchev–Trinajstić information content (AvgIpc) is 2.72. The zero-order valence-corrected chi connectivity index (χ0v) is 10.6. The third-order valence-electron chi connectivity index (χ3n) is 3.55. The average molecular weight is 236 g/mol. The number of hydrogen-bond acceptors (Lipinski definition) is 2. The minimum atomic E-state index is -0.156. The van der Waals surface area contributed by atoms with Crippen LogP contribution in [0.1, 0.15) is 24.9 Å². The smallest absolute Gasteiger partial charge is 0.123 e. The number of rotatable bonds is 4. The van der Waals surface area contributed by atoms with Crippen molar-refractivity contribution in [2.24, 2.45) is 5.92 Å². The Labute approximate surface area is 103 Å². The molecule has 1 fully saturated rings. The Morgan fingerprint density at radius 3 is 3.00 bits per heavy atom. The second-order valence-corrected chi connectivity index (χ2v) is 5.10. The van der Waals surface area contributed by atoms with Crippen LogP contribution in [0.2, 0.25) is 0 Å². The van der Waals surface area contributed by atoms with Crippen LogP contribution in [0.4, 0.5) is 4.39 Å². The van der Waals surface area contributed by atoms with Gasteiger partial charge >= 0.3 is 0 Å². The van der Waals surface area contributed by atoms with E-state index in [0.29, 0.717) is 0 Å². The van der Waals surface area contributed by atoms with Gasteiger partial charge in [0, 0.05) is 12.6 Å². The third kappa shape index (κ3) is 3.51. The van der Waals surface area contributed by atoms with Gasteiger partial charge in [0.25, 0.3) is 0 Å². The Morgan fingerprint density at radius 2 is 2.35 bits per heavy atom. The summed E-state index contributed by atoms with van der Waals surface area (Å²) >= 11 is 0. The van der Waals surface area contributed by atoms with Crippen molar-refractivity contribution in [2.45, 2.75) is 19.4 Å². The maximum atomic E-state index is 13.1. The van der Waals surface area contributed by atoms with E-state index in [1.54, 1.807) is 12.1 Å². The van der Waals surface area contributed by atoms with E-state index in [4.69, 9.17) is 0 Å². The van der Waals surface area contributed by atoms with Gasteiger partial charge in [0.2, 0.25) is 0 Å². The Morgan fingerprint density at radius 1 is 1.53 bits per heavy atom. The number of nitrogens with one attached hydrogen (secondary N) is 1. The molecule has 0 spiro atoms. The second kappa shape index (κ2) is 5.61. The molecule has 2 unspecified atom stereocenters. The Kier molecular flexibility index (Phi) is 4.13. The molecule has 17 heavy (non-hydrogen) atoms. The molecule has 0 radical (unpaired) electrons. The number of likely N-dealkylation sites (tertiary alicyclic amines) is 1. The summed E-state index contributed by atoms with van der Waals surface area (Å²) in [7, 11) is 2.16. The fourth-order valence-corrected chi connectivity index (χ4v) is 2.43. The minimum absolute atomic E-state index is 0.156. The molecule has 1 aromatic carbocycles. The molecule has 1 aliphatic heterocycles. The van der Waals surface area contributed by atoms with E-state index < -0.39 is 0 Å². The van der Waals surface area contributed by atoms with E-state index in [1.165, 1.54) is 25.6 Å². The van der Waals surface area contributed by atoms with Gasteiger partial charge in [-0.25, -0.2) is 4.39 Å². The summed E-state index contributed by atoms with van der Waals surface area (Å²) in [5, 5.41) is 3.50. The van der Waals surface area contributed by atoms with Crippen molar-refractivity contribution >= 4 is 0 Å². The zero-order valence-electron chi connectivity index (χ0n) is 10.6. The molecule has 1 aliphatic rings. The summed E-state index contributed by atoms with van der Waals surface area (Å²) in [6.07, 6.45) is 1.26. The van der Waals surface area contributed by atoms with E-state index in [0.717, 1.165) is 18.0 Å². The van der Waals surface area contributed by atoms with Crippen LogP contribution in [0.25, 0.3) is 0 Å². The normalized spacial score (nSPS) is 22.9. The summed E-state index contributed by atoms with van der Waals surface area (Å²) in [5.74, 6) is 0.577. The molecule has 2 nitrogen and oxygen atoms in total. The molecule has 0 saturated carbocycles. The lowest BCUT2D eigenvalue weighted by Crippen LogP contribution is -2.27.